The van der Waals surface area contributed by atoms with Gasteiger partial charge in [-0.25, -0.2) is 9.59 Å². The van der Waals surface area contributed by atoms with Gasteiger partial charge >= 0.3 is 11.9 Å². The smallest absolute Gasteiger partial charge is 0.352 e. The molecule has 0 bridgehead atoms. The summed E-state index contributed by atoms with van der Waals surface area (Å²) in [5.41, 5.74) is 0. The van der Waals surface area contributed by atoms with Crippen LogP contribution in [0.3, 0.4) is 0 Å². The van der Waals surface area contributed by atoms with Gasteiger partial charge in [0.2, 0.25) is 0 Å². The molecule has 0 aliphatic heterocycles. The number of carbonyl (C=O) groups is 2. The molecule has 0 N–H and O–H groups in total. The monoisotopic (exact) mass is 284 g/mol. The van der Waals surface area contributed by atoms with Gasteiger partial charge in [0, 0.05) is 11.5 Å². The average Bonchev–Trinajstić information content (AvgIpc) is 2.47. The number of esters is 2. The van der Waals surface area contributed by atoms with E-state index >= 15 is 0 Å². The fourth-order valence-electron chi connectivity index (χ4n) is 1.87. The summed E-state index contributed by atoms with van der Waals surface area (Å²) in [4.78, 5) is 23.3. The van der Waals surface area contributed by atoms with Gasteiger partial charge in [0.15, 0.2) is 6.10 Å². The molecule has 2 aromatic carbocycles. The first-order valence-electron chi connectivity index (χ1n) is 6.64. The zero-order valence-electron chi connectivity index (χ0n) is 11.9. The van der Waals surface area contributed by atoms with Gasteiger partial charge in [-0.15, -0.1) is 0 Å². The summed E-state index contributed by atoms with van der Waals surface area (Å²) in [5.74, 6) is -0.726. The predicted molar refractivity (Wildman–Crippen MR) is 80.0 cm³/mol. The second-order valence-corrected chi connectivity index (χ2v) is 4.48. The van der Waals surface area contributed by atoms with E-state index < -0.39 is 18.0 Å². The number of hydrogen-bond acceptors (Lipinski definition) is 4. The van der Waals surface area contributed by atoms with Gasteiger partial charge in [-0.2, -0.15) is 0 Å². The van der Waals surface area contributed by atoms with Crippen molar-refractivity contribution in [2.75, 3.05) is 0 Å². The third-order valence-corrected chi connectivity index (χ3v) is 2.89. The van der Waals surface area contributed by atoms with E-state index in [1.807, 2.05) is 30.3 Å². The average molecular weight is 284 g/mol. The molecule has 2 aromatic rings. The van der Waals surface area contributed by atoms with Crippen LogP contribution < -0.4 is 4.74 Å². The number of hydrogen-bond donors (Lipinski definition) is 0. The van der Waals surface area contributed by atoms with Crippen LogP contribution in [0.25, 0.3) is 10.8 Å². The van der Waals surface area contributed by atoms with Crippen molar-refractivity contribution in [2.24, 2.45) is 0 Å². The SMILES string of the molecule is C/C=C/C(=O)OC(C)C(=O)Oc1cccc2ccccc12. The molecule has 0 aliphatic rings. The van der Waals surface area contributed by atoms with Crippen molar-refractivity contribution in [3.8, 4) is 5.75 Å². The Balaban J connectivity index is 2.13. The first-order chi connectivity index (χ1) is 10.1. The number of allylic oxidation sites excluding steroid dienone is 1. The Morgan fingerprint density at radius 1 is 1.10 bits per heavy atom. The molecule has 2 rings (SSSR count). The van der Waals surface area contributed by atoms with Crippen molar-refractivity contribution < 1.29 is 19.1 Å². The molecule has 0 aliphatic carbocycles. The Morgan fingerprint density at radius 3 is 2.57 bits per heavy atom. The molecule has 1 atom stereocenters. The van der Waals surface area contributed by atoms with Gasteiger partial charge < -0.3 is 9.47 Å². The standard InChI is InChI=1S/C17H16O4/c1-3-7-16(18)20-12(2)17(19)21-15-11-6-9-13-8-4-5-10-14(13)15/h3-12H,1-2H3/b7-3+. The molecule has 0 heterocycles. The Hall–Kier alpha value is -2.62. The van der Waals surface area contributed by atoms with Gasteiger partial charge in [-0.1, -0.05) is 42.5 Å². The summed E-state index contributed by atoms with van der Waals surface area (Å²) in [6, 6.07) is 13.0. The predicted octanol–water partition coefficient (Wildman–Crippen LogP) is 3.25. The van der Waals surface area contributed by atoms with Crippen molar-refractivity contribution >= 4 is 22.7 Å². The van der Waals surface area contributed by atoms with Crippen LogP contribution in [0.5, 0.6) is 5.75 Å². The maximum Gasteiger partial charge on any atom is 0.352 e. The van der Waals surface area contributed by atoms with E-state index in [-0.39, 0.29) is 0 Å². The molecule has 0 amide bonds. The van der Waals surface area contributed by atoms with Crippen LogP contribution in [-0.4, -0.2) is 18.0 Å². The van der Waals surface area contributed by atoms with Gasteiger partial charge in [-0.05, 0) is 25.3 Å². The summed E-state index contributed by atoms with van der Waals surface area (Å²) in [6.45, 7) is 3.18. The van der Waals surface area contributed by atoms with Crippen molar-refractivity contribution in [3.63, 3.8) is 0 Å². The fraction of sp³-hybridized carbons (Fsp3) is 0.176. The van der Waals surface area contributed by atoms with E-state index in [1.54, 1.807) is 25.1 Å². The van der Waals surface area contributed by atoms with Crippen LogP contribution in [0.15, 0.2) is 54.6 Å². The Morgan fingerprint density at radius 2 is 1.81 bits per heavy atom. The number of ether oxygens (including phenoxy) is 2. The molecule has 21 heavy (non-hydrogen) atoms. The molecular weight excluding hydrogens is 268 g/mol. The fourth-order valence-corrected chi connectivity index (χ4v) is 1.87. The molecule has 108 valence electrons. The van der Waals surface area contributed by atoms with Crippen LogP contribution in [0.1, 0.15) is 13.8 Å². The molecule has 0 aromatic heterocycles. The minimum absolute atomic E-state index is 0.451. The van der Waals surface area contributed by atoms with E-state index in [1.165, 1.54) is 13.0 Å². The van der Waals surface area contributed by atoms with Crippen molar-refractivity contribution in [2.45, 2.75) is 20.0 Å². The normalized spacial score (nSPS) is 12.3. The lowest BCUT2D eigenvalue weighted by Crippen LogP contribution is -2.27. The highest BCUT2D eigenvalue weighted by Crippen LogP contribution is 2.25. The first-order valence-corrected chi connectivity index (χ1v) is 6.64. The van der Waals surface area contributed by atoms with Crippen molar-refractivity contribution in [3.05, 3.63) is 54.6 Å². The second kappa shape index (κ2) is 6.70. The summed E-state index contributed by atoms with van der Waals surface area (Å²) < 4.78 is 10.3. The maximum atomic E-state index is 12.0. The third kappa shape index (κ3) is 3.69. The minimum atomic E-state index is -0.965. The van der Waals surface area contributed by atoms with E-state index in [9.17, 15) is 9.59 Å². The van der Waals surface area contributed by atoms with E-state index in [4.69, 9.17) is 9.47 Å². The molecule has 0 radical (unpaired) electrons. The van der Waals surface area contributed by atoms with Gasteiger partial charge in [0.05, 0.1) is 0 Å². The minimum Gasteiger partial charge on any atom is -0.447 e. The molecule has 4 nitrogen and oxygen atoms in total. The highest BCUT2D eigenvalue weighted by Gasteiger charge is 2.19. The number of carbonyl (C=O) groups excluding carboxylic acids is 2. The molecule has 1 unspecified atom stereocenters. The van der Waals surface area contributed by atoms with Gasteiger partial charge in [0.25, 0.3) is 0 Å². The van der Waals surface area contributed by atoms with Crippen molar-refractivity contribution in [1.82, 2.24) is 0 Å². The van der Waals surface area contributed by atoms with E-state index in [2.05, 4.69) is 0 Å². The zero-order valence-corrected chi connectivity index (χ0v) is 11.9. The van der Waals surface area contributed by atoms with Crippen LogP contribution >= 0.6 is 0 Å². The molecule has 0 spiro atoms. The Bertz CT molecular complexity index is 683. The van der Waals surface area contributed by atoms with E-state index in [0.29, 0.717) is 5.75 Å². The lowest BCUT2D eigenvalue weighted by Gasteiger charge is -2.12. The highest BCUT2D eigenvalue weighted by atomic mass is 16.6. The molecular formula is C17H16O4. The lowest BCUT2D eigenvalue weighted by atomic mass is 10.1. The number of rotatable bonds is 4. The van der Waals surface area contributed by atoms with Gasteiger partial charge in [-0.3, -0.25) is 0 Å². The summed E-state index contributed by atoms with van der Waals surface area (Å²) in [5, 5.41) is 1.81. The second-order valence-electron chi connectivity index (χ2n) is 4.48. The van der Waals surface area contributed by atoms with Crippen LogP contribution in [0.2, 0.25) is 0 Å². The molecule has 0 saturated heterocycles. The quantitative estimate of drug-likeness (QED) is 0.491. The molecule has 0 fully saturated rings. The summed E-state index contributed by atoms with van der Waals surface area (Å²) in [7, 11) is 0. The topological polar surface area (TPSA) is 52.6 Å². The number of benzene rings is 2. The molecule has 4 heteroatoms. The molecule has 0 saturated carbocycles. The van der Waals surface area contributed by atoms with Crippen LogP contribution in [-0.2, 0) is 14.3 Å². The first kappa shape index (κ1) is 14.8. The van der Waals surface area contributed by atoms with Crippen LogP contribution in [0, 0.1) is 0 Å². The van der Waals surface area contributed by atoms with Gasteiger partial charge in [0.1, 0.15) is 5.75 Å². The summed E-state index contributed by atoms with van der Waals surface area (Å²) >= 11 is 0. The lowest BCUT2D eigenvalue weighted by molar-refractivity contribution is -0.157. The van der Waals surface area contributed by atoms with Crippen molar-refractivity contribution in [1.29, 1.82) is 0 Å². The van der Waals surface area contributed by atoms with E-state index in [0.717, 1.165) is 10.8 Å². The Kier molecular flexibility index (Phi) is 4.72. The Labute approximate surface area is 123 Å². The maximum absolute atomic E-state index is 12.0. The highest BCUT2D eigenvalue weighted by molar-refractivity contribution is 5.91. The zero-order chi connectivity index (χ0) is 15.2. The van der Waals surface area contributed by atoms with Crippen LogP contribution in [0.4, 0.5) is 0 Å². The number of fused-ring (bicyclic) bond motifs is 1. The third-order valence-electron chi connectivity index (χ3n) is 2.89. The summed E-state index contributed by atoms with van der Waals surface area (Å²) in [6.07, 6.45) is 1.83. The largest absolute Gasteiger partial charge is 0.447 e.